The molecule has 118 valence electrons. The van der Waals surface area contributed by atoms with E-state index in [1.165, 1.54) is 0 Å². The Morgan fingerprint density at radius 2 is 2.14 bits per heavy atom. The maximum Gasteiger partial charge on any atom is 0.418 e. The lowest BCUT2D eigenvalue weighted by Gasteiger charge is -2.39. The zero-order valence-corrected chi connectivity index (χ0v) is 13.8. The van der Waals surface area contributed by atoms with E-state index in [2.05, 4.69) is 35.1 Å². The standard InChI is InChI=1S/C15H20BrF3N2/c1-3-10(2)13-9-21(7-6-20-13)14-5-4-11(16)8-12(14)15(17,18)19/h4-5,8,10,13,20H,3,6-7,9H2,1-2H3. The molecule has 1 aliphatic heterocycles. The zero-order chi connectivity index (χ0) is 15.6. The summed E-state index contributed by atoms with van der Waals surface area (Å²) in [4.78, 5) is 1.85. The van der Waals surface area contributed by atoms with Crippen molar-refractivity contribution in [2.75, 3.05) is 24.5 Å². The molecule has 0 saturated carbocycles. The summed E-state index contributed by atoms with van der Waals surface area (Å²) < 4.78 is 40.2. The van der Waals surface area contributed by atoms with Crippen LogP contribution in [0.3, 0.4) is 0 Å². The summed E-state index contributed by atoms with van der Waals surface area (Å²) in [7, 11) is 0. The number of piperazine rings is 1. The molecular weight excluding hydrogens is 345 g/mol. The second-order valence-corrected chi connectivity index (χ2v) is 6.47. The van der Waals surface area contributed by atoms with Gasteiger partial charge in [0.05, 0.1) is 5.56 Å². The van der Waals surface area contributed by atoms with Crippen molar-refractivity contribution in [3.05, 3.63) is 28.2 Å². The van der Waals surface area contributed by atoms with Crippen LogP contribution in [0.15, 0.2) is 22.7 Å². The van der Waals surface area contributed by atoms with Crippen molar-refractivity contribution < 1.29 is 13.2 Å². The third kappa shape index (κ3) is 3.92. The van der Waals surface area contributed by atoms with Gasteiger partial charge in [0, 0.05) is 35.8 Å². The minimum absolute atomic E-state index is 0.230. The Bertz CT molecular complexity index is 490. The highest BCUT2D eigenvalue weighted by atomic mass is 79.9. The first-order valence-electron chi connectivity index (χ1n) is 7.18. The minimum atomic E-state index is -4.34. The molecule has 0 radical (unpaired) electrons. The molecule has 1 N–H and O–H groups in total. The van der Waals surface area contributed by atoms with Crippen LogP contribution in [0, 0.1) is 5.92 Å². The smallest absolute Gasteiger partial charge is 0.368 e. The molecule has 21 heavy (non-hydrogen) atoms. The van der Waals surface area contributed by atoms with Gasteiger partial charge in [-0.1, -0.05) is 36.2 Å². The van der Waals surface area contributed by atoms with E-state index in [-0.39, 0.29) is 11.7 Å². The molecule has 1 heterocycles. The van der Waals surface area contributed by atoms with Crippen LogP contribution in [0.4, 0.5) is 18.9 Å². The number of anilines is 1. The maximum absolute atomic E-state index is 13.2. The van der Waals surface area contributed by atoms with Crippen LogP contribution in [-0.4, -0.2) is 25.7 Å². The van der Waals surface area contributed by atoms with E-state index in [0.29, 0.717) is 30.0 Å². The van der Waals surface area contributed by atoms with E-state index in [9.17, 15) is 13.2 Å². The van der Waals surface area contributed by atoms with Gasteiger partial charge < -0.3 is 10.2 Å². The molecule has 2 rings (SSSR count). The van der Waals surface area contributed by atoms with E-state index < -0.39 is 11.7 Å². The van der Waals surface area contributed by atoms with Gasteiger partial charge in [0.2, 0.25) is 0 Å². The Morgan fingerprint density at radius 1 is 1.43 bits per heavy atom. The first-order valence-corrected chi connectivity index (χ1v) is 7.97. The van der Waals surface area contributed by atoms with Crippen LogP contribution >= 0.6 is 15.9 Å². The number of rotatable bonds is 3. The average Bonchev–Trinajstić information content (AvgIpc) is 2.45. The lowest BCUT2D eigenvalue weighted by Crippen LogP contribution is -2.53. The van der Waals surface area contributed by atoms with E-state index in [1.807, 2.05) is 4.90 Å². The second-order valence-electron chi connectivity index (χ2n) is 5.55. The SMILES string of the molecule is CCC(C)C1CN(c2ccc(Br)cc2C(F)(F)F)CCN1. The summed E-state index contributed by atoms with van der Waals surface area (Å²) in [6.07, 6.45) is -3.33. The average molecular weight is 365 g/mol. The van der Waals surface area contributed by atoms with Crippen LogP contribution in [0.1, 0.15) is 25.8 Å². The third-order valence-electron chi connectivity index (χ3n) is 4.14. The molecule has 1 aromatic rings. The zero-order valence-electron chi connectivity index (χ0n) is 12.2. The van der Waals surface area contributed by atoms with Gasteiger partial charge in [0.15, 0.2) is 0 Å². The Labute approximate surface area is 131 Å². The van der Waals surface area contributed by atoms with Gasteiger partial charge in [0.25, 0.3) is 0 Å². The third-order valence-corrected chi connectivity index (χ3v) is 4.63. The van der Waals surface area contributed by atoms with Gasteiger partial charge in [-0.25, -0.2) is 0 Å². The minimum Gasteiger partial charge on any atom is -0.368 e. The fourth-order valence-electron chi connectivity index (χ4n) is 2.67. The lowest BCUT2D eigenvalue weighted by atomic mass is 9.96. The molecule has 0 aliphatic carbocycles. The summed E-state index contributed by atoms with van der Waals surface area (Å²) >= 11 is 3.13. The van der Waals surface area contributed by atoms with Crippen LogP contribution in [-0.2, 0) is 6.18 Å². The normalized spacial score (nSPS) is 21.4. The molecular formula is C15H20BrF3N2. The molecule has 2 atom stereocenters. The number of benzene rings is 1. The molecule has 0 aromatic heterocycles. The molecule has 1 aromatic carbocycles. The van der Waals surface area contributed by atoms with Crippen LogP contribution in [0.5, 0.6) is 0 Å². The van der Waals surface area contributed by atoms with Crippen molar-refractivity contribution in [2.45, 2.75) is 32.5 Å². The van der Waals surface area contributed by atoms with Gasteiger partial charge in [-0.2, -0.15) is 13.2 Å². The fraction of sp³-hybridized carbons (Fsp3) is 0.600. The van der Waals surface area contributed by atoms with Crippen molar-refractivity contribution in [3.8, 4) is 0 Å². The van der Waals surface area contributed by atoms with E-state index >= 15 is 0 Å². The highest BCUT2D eigenvalue weighted by Gasteiger charge is 2.36. The monoisotopic (exact) mass is 364 g/mol. The number of alkyl halides is 3. The molecule has 6 heteroatoms. The first-order chi connectivity index (χ1) is 9.82. The summed E-state index contributed by atoms with van der Waals surface area (Å²) in [6, 6.07) is 4.63. The largest absolute Gasteiger partial charge is 0.418 e. The van der Waals surface area contributed by atoms with Gasteiger partial charge in [-0.05, 0) is 24.1 Å². The molecule has 1 saturated heterocycles. The highest BCUT2D eigenvalue weighted by Crippen LogP contribution is 2.38. The van der Waals surface area contributed by atoms with E-state index in [4.69, 9.17) is 0 Å². The van der Waals surface area contributed by atoms with Crippen LogP contribution < -0.4 is 10.2 Å². The quantitative estimate of drug-likeness (QED) is 0.860. The summed E-state index contributed by atoms with van der Waals surface area (Å²) in [5.74, 6) is 0.442. The van der Waals surface area contributed by atoms with Crippen LogP contribution in [0.25, 0.3) is 0 Å². The van der Waals surface area contributed by atoms with Crippen molar-refractivity contribution in [1.82, 2.24) is 5.32 Å². The van der Waals surface area contributed by atoms with Crippen molar-refractivity contribution in [2.24, 2.45) is 5.92 Å². The van der Waals surface area contributed by atoms with Gasteiger partial charge in [-0.3, -0.25) is 0 Å². The molecule has 0 amide bonds. The molecule has 1 fully saturated rings. The predicted octanol–water partition coefficient (Wildman–Crippen LogP) is 4.29. The van der Waals surface area contributed by atoms with Gasteiger partial charge in [-0.15, -0.1) is 0 Å². The predicted molar refractivity (Wildman–Crippen MR) is 82.6 cm³/mol. The maximum atomic E-state index is 13.2. The van der Waals surface area contributed by atoms with Crippen molar-refractivity contribution >= 4 is 21.6 Å². The number of nitrogens with one attached hydrogen (secondary N) is 1. The molecule has 2 nitrogen and oxygen atoms in total. The first kappa shape index (κ1) is 16.6. The number of hydrogen-bond acceptors (Lipinski definition) is 2. The van der Waals surface area contributed by atoms with Crippen LogP contribution in [0.2, 0.25) is 0 Å². The number of hydrogen-bond donors (Lipinski definition) is 1. The fourth-order valence-corrected chi connectivity index (χ4v) is 3.03. The number of nitrogens with zero attached hydrogens (tertiary/aromatic N) is 1. The Hall–Kier alpha value is -0.750. The summed E-state index contributed by atoms with van der Waals surface area (Å²) in [5, 5.41) is 3.41. The Morgan fingerprint density at radius 3 is 2.76 bits per heavy atom. The molecule has 1 aliphatic rings. The second kappa shape index (κ2) is 6.57. The molecule has 0 bridgehead atoms. The topological polar surface area (TPSA) is 15.3 Å². The summed E-state index contributed by atoms with van der Waals surface area (Å²) in [5.41, 5.74) is -0.290. The number of halogens is 4. The van der Waals surface area contributed by atoms with Gasteiger partial charge >= 0.3 is 6.18 Å². The van der Waals surface area contributed by atoms with E-state index in [1.54, 1.807) is 12.1 Å². The molecule has 0 spiro atoms. The van der Waals surface area contributed by atoms with Crippen molar-refractivity contribution in [1.29, 1.82) is 0 Å². The Balaban J connectivity index is 2.29. The Kier molecular flexibility index (Phi) is 5.20. The lowest BCUT2D eigenvalue weighted by molar-refractivity contribution is -0.137. The molecule has 2 unspecified atom stereocenters. The summed E-state index contributed by atoms with van der Waals surface area (Å²) in [6.45, 7) is 6.15. The van der Waals surface area contributed by atoms with Gasteiger partial charge in [0.1, 0.15) is 0 Å². The van der Waals surface area contributed by atoms with Crippen molar-refractivity contribution in [3.63, 3.8) is 0 Å². The van der Waals surface area contributed by atoms with E-state index in [0.717, 1.165) is 12.5 Å². The highest BCUT2D eigenvalue weighted by molar-refractivity contribution is 9.10.